The number of hydrogen-bond donors (Lipinski definition) is 2. The predicted molar refractivity (Wildman–Crippen MR) is 73.2 cm³/mol. The number of sulfonamides is 1. The number of nitrogens with zero attached hydrogens (tertiary/aromatic N) is 1. The third kappa shape index (κ3) is 7.62. The molecule has 7 heteroatoms. The van der Waals surface area contributed by atoms with Crippen LogP contribution in [0.5, 0.6) is 0 Å². The van der Waals surface area contributed by atoms with Gasteiger partial charge in [0.1, 0.15) is 0 Å². The van der Waals surface area contributed by atoms with Gasteiger partial charge in [-0.05, 0) is 12.3 Å². The molecule has 0 bridgehead atoms. The first-order chi connectivity index (χ1) is 8.29. The van der Waals surface area contributed by atoms with Crippen LogP contribution in [-0.4, -0.2) is 51.1 Å². The van der Waals surface area contributed by atoms with E-state index in [1.54, 1.807) is 7.11 Å². The third-order valence-electron chi connectivity index (χ3n) is 2.34. The first-order valence-electron chi connectivity index (χ1n) is 6.09. The molecular weight excluding hydrogens is 254 g/mol. The smallest absolute Gasteiger partial charge is 0.214 e. The van der Waals surface area contributed by atoms with E-state index < -0.39 is 10.0 Å². The molecule has 0 radical (unpaired) electrons. The standard InChI is InChI=1S/C11H25N3O3S/c1-10(2)9-14(6-5-11(12)13)18(15,16)8-4-7-17-3/h10H,4-9H2,1-3H3,(H3,12,13). The molecule has 0 rings (SSSR count). The Labute approximate surface area is 110 Å². The highest BCUT2D eigenvalue weighted by Crippen LogP contribution is 2.09. The molecule has 0 saturated heterocycles. The summed E-state index contributed by atoms with van der Waals surface area (Å²) in [5.74, 6) is 0.330. The first-order valence-corrected chi connectivity index (χ1v) is 7.70. The van der Waals surface area contributed by atoms with Crippen molar-refractivity contribution in [2.45, 2.75) is 26.7 Å². The van der Waals surface area contributed by atoms with Crippen LogP contribution in [0, 0.1) is 11.3 Å². The van der Waals surface area contributed by atoms with E-state index in [1.807, 2.05) is 13.8 Å². The van der Waals surface area contributed by atoms with Crippen molar-refractivity contribution in [2.75, 3.05) is 32.6 Å². The maximum atomic E-state index is 12.1. The van der Waals surface area contributed by atoms with Crippen molar-refractivity contribution in [1.82, 2.24) is 4.31 Å². The summed E-state index contributed by atoms with van der Waals surface area (Å²) in [6.07, 6.45) is 0.754. The maximum absolute atomic E-state index is 12.1. The Kier molecular flexibility index (Phi) is 8.13. The number of ether oxygens (including phenoxy) is 1. The summed E-state index contributed by atoms with van der Waals surface area (Å²) in [7, 11) is -1.73. The molecule has 108 valence electrons. The minimum atomic E-state index is -3.28. The molecule has 0 aliphatic heterocycles. The van der Waals surface area contributed by atoms with Crippen LogP contribution >= 0.6 is 0 Å². The van der Waals surface area contributed by atoms with Gasteiger partial charge >= 0.3 is 0 Å². The molecule has 0 amide bonds. The topological polar surface area (TPSA) is 96.5 Å². The highest BCUT2D eigenvalue weighted by molar-refractivity contribution is 7.89. The fraction of sp³-hybridized carbons (Fsp3) is 0.909. The lowest BCUT2D eigenvalue weighted by Gasteiger charge is -2.23. The first kappa shape index (κ1) is 17.3. The number of methoxy groups -OCH3 is 1. The van der Waals surface area contributed by atoms with Gasteiger partial charge in [0.2, 0.25) is 10.0 Å². The lowest BCUT2D eigenvalue weighted by Crippen LogP contribution is -2.38. The van der Waals surface area contributed by atoms with E-state index in [0.717, 1.165) is 0 Å². The largest absolute Gasteiger partial charge is 0.388 e. The number of nitrogens with two attached hydrogens (primary N) is 1. The normalized spacial score (nSPS) is 12.3. The van der Waals surface area contributed by atoms with E-state index in [4.69, 9.17) is 15.9 Å². The fourth-order valence-electron chi connectivity index (χ4n) is 1.51. The molecule has 0 saturated carbocycles. The van der Waals surface area contributed by atoms with E-state index in [0.29, 0.717) is 19.6 Å². The van der Waals surface area contributed by atoms with Crippen LogP contribution in [0.3, 0.4) is 0 Å². The summed E-state index contributed by atoms with van der Waals surface area (Å²) < 4.78 is 30.5. The van der Waals surface area contributed by atoms with Gasteiger partial charge < -0.3 is 10.5 Å². The number of hydrogen-bond acceptors (Lipinski definition) is 4. The van der Waals surface area contributed by atoms with Crippen molar-refractivity contribution in [3.8, 4) is 0 Å². The third-order valence-corrected chi connectivity index (χ3v) is 4.27. The fourth-order valence-corrected chi connectivity index (χ4v) is 3.15. The summed E-state index contributed by atoms with van der Waals surface area (Å²) >= 11 is 0. The molecule has 0 heterocycles. The second kappa shape index (κ2) is 8.44. The number of amidine groups is 1. The molecule has 3 N–H and O–H groups in total. The van der Waals surface area contributed by atoms with Gasteiger partial charge in [0, 0.05) is 33.2 Å². The van der Waals surface area contributed by atoms with Crippen LogP contribution in [0.25, 0.3) is 0 Å². The van der Waals surface area contributed by atoms with Gasteiger partial charge in [0.25, 0.3) is 0 Å². The Morgan fingerprint density at radius 3 is 2.50 bits per heavy atom. The lowest BCUT2D eigenvalue weighted by molar-refractivity contribution is 0.199. The Balaban J connectivity index is 4.55. The highest BCUT2D eigenvalue weighted by Gasteiger charge is 2.22. The monoisotopic (exact) mass is 279 g/mol. The van der Waals surface area contributed by atoms with Crippen LogP contribution in [0.1, 0.15) is 26.7 Å². The van der Waals surface area contributed by atoms with Crippen molar-refractivity contribution in [1.29, 1.82) is 5.41 Å². The average Bonchev–Trinajstić information content (AvgIpc) is 2.23. The molecule has 0 aliphatic carbocycles. The Hall–Kier alpha value is -0.660. The molecule has 0 spiro atoms. The van der Waals surface area contributed by atoms with Crippen LogP contribution in [0.2, 0.25) is 0 Å². The molecule has 0 atom stereocenters. The van der Waals surface area contributed by atoms with Crippen LogP contribution in [0.15, 0.2) is 0 Å². The lowest BCUT2D eigenvalue weighted by atomic mass is 10.2. The Bertz CT molecular complexity index is 341. The Morgan fingerprint density at radius 2 is 2.06 bits per heavy atom. The van der Waals surface area contributed by atoms with Crippen molar-refractivity contribution in [3.05, 3.63) is 0 Å². The van der Waals surface area contributed by atoms with Crippen molar-refractivity contribution < 1.29 is 13.2 Å². The number of rotatable bonds is 10. The van der Waals surface area contributed by atoms with Gasteiger partial charge in [-0.15, -0.1) is 0 Å². The minimum absolute atomic E-state index is 0.0100. The molecular formula is C11H25N3O3S. The molecule has 0 aromatic rings. The maximum Gasteiger partial charge on any atom is 0.214 e. The summed E-state index contributed by atoms with van der Waals surface area (Å²) in [4.78, 5) is 0. The predicted octanol–water partition coefficient (Wildman–Crippen LogP) is 0.637. The van der Waals surface area contributed by atoms with Gasteiger partial charge in [-0.3, -0.25) is 5.41 Å². The SMILES string of the molecule is COCCCS(=O)(=O)N(CCC(=N)N)CC(C)C. The summed E-state index contributed by atoms with van der Waals surface area (Å²) in [6, 6.07) is 0. The van der Waals surface area contributed by atoms with Gasteiger partial charge in [-0.25, -0.2) is 12.7 Å². The highest BCUT2D eigenvalue weighted by atomic mass is 32.2. The zero-order valence-corrected chi connectivity index (χ0v) is 12.3. The zero-order chi connectivity index (χ0) is 14.2. The van der Waals surface area contributed by atoms with Crippen molar-refractivity contribution >= 4 is 15.9 Å². The molecule has 6 nitrogen and oxygen atoms in total. The van der Waals surface area contributed by atoms with E-state index in [-0.39, 0.29) is 30.5 Å². The van der Waals surface area contributed by atoms with E-state index in [2.05, 4.69) is 0 Å². The van der Waals surface area contributed by atoms with E-state index >= 15 is 0 Å². The summed E-state index contributed by atoms with van der Waals surface area (Å²) in [6.45, 7) is 5.10. The summed E-state index contributed by atoms with van der Waals surface area (Å²) in [5.41, 5.74) is 5.28. The quantitative estimate of drug-likeness (QED) is 0.348. The number of nitrogens with one attached hydrogen (secondary N) is 1. The van der Waals surface area contributed by atoms with Crippen LogP contribution in [0.4, 0.5) is 0 Å². The molecule has 0 aromatic heterocycles. The van der Waals surface area contributed by atoms with Gasteiger partial charge in [-0.1, -0.05) is 13.8 Å². The second-order valence-corrected chi connectivity index (χ2v) is 6.78. The molecule has 0 aliphatic rings. The van der Waals surface area contributed by atoms with Crippen molar-refractivity contribution in [3.63, 3.8) is 0 Å². The molecule has 0 aromatic carbocycles. The van der Waals surface area contributed by atoms with Gasteiger partial charge in [0.15, 0.2) is 0 Å². The summed E-state index contributed by atoms with van der Waals surface area (Å²) in [5, 5.41) is 7.18. The molecule has 0 unspecified atom stereocenters. The van der Waals surface area contributed by atoms with Crippen LogP contribution < -0.4 is 5.73 Å². The average molecular weight is 279 g/mol. The molecule has 0 fully saturated rings. The van der Waals surface area contributed by atoms with Gasteiger partial charge in [0.05, 0.1) is 11.6 Å². The second-order valence-electron chi connectivity index (χ2n) is 4.69. The van der Waals surface area contributed by atoms with Crippen molar-refractivity contribution in [2.24, 2.45) is 11.7 Å². The van der Waals surface area contributed by atoms with Crippen LogP contribution in [-0.2, 0) is 14.8 Å². The van der Waals surface area contributed by atoms with Gasteiger partial charge in [-0.2, -0.15) is 0 Å². The minimum Gasteiger partial charge on any atom is -0.388 e. The zero-order valence-electron chi connectivity index (χ0n) is 11.5. The molecule has 18 heavy (non-hydrogen) atoms. The van der Waals surface area contributed by atoms with E-state index in [9.17, 15) is 8.42 Å². The Morgan fingerprint density at radius 1 is 1.44 bits per heavy atom. The van der Waals surface area contributed by atoms with E-state index in [1.165, 1.54) is 4.31 Å².